The van der Waals surface area contributed by atoms with Crippen LogP contribution in [0.4, 0.5) is 0 Å². The molecule has 0 heterocycles. The Morgan fingerprint density at radius 3 is 2.71 bits per heavy atom. The van der Waals surface area contributed by atoms with Crippen LogP contribution in [0.15, 0.2) is 24.3 Å². The number of carbonyl (C=O) groups excluding carboxylic acids is 1. The van der Waals surface area contributed by atoms with Gasteiger partial charge < -0.3 is 4.74 Å². The van der Waals surface area contributed by atoms with E-state index in [0.717, 1.165) is 12.8 Å². The molecule has 0 aliphatic heterocycles. The Morgan fingerprint density at radius 1 is 1.35 bits per heavy atom. The van der Waals surface area contributed by atoms with Crippen LogP contribution in [0, 0.1) is 0 Å². The molecule has 1 aromatic rings. The van der Waals surface area contributed by atoms with Crippen molar-refractivity contribution in [3.8, 4) is 5.75 Å². The number of carbonyl (C=O) groups is 1. The lowest BCUT2D eigenvalue weighted by molar-refractivity contribution is 0.101. The van der Waals surface area contributed by atoms with Crippen molar-refractivity contribution in [3.63, 3.8) is 0 Å². The van der Waals surface area contributed by atoms with Crippen LogP contribution in [0.1, 0.15) is 30.1 Å². The summed E-state index contributed by atoms with van der Waals surface area (Å²) in [6, 6.07) is 7.04. The average Bonchev–Trinajstić information content (AvgIpc) is 2.36. The zero-order chi connectivity index (χ0) is 12.7. The molecule has 0 amide bonds. The molecule has 4 heteroatoms. The van der Waals surface area contributed by atoms with Gasteiger partial charge in [-0.25, -0.2) is 0 Å². The van der Waals surface area contributed by atoms with E-state index in [9.17, 15) is 9.00 Å². The number of rotatable bonds is 7. The van der Waals surface area contributed by atoms with Gasteiger partial charge in [0.25, 0.3) is 0 Å². The monoisotopic (exact) mass is 254 g/mol. The third kappa shape index (κ3) is 4.30. The van der Waals surface area contributed by atoms with Crippen molar-refractivity contribution in [2.24, 2.45) is 0 Å². The first kappa shape index (κ1) is 13.9. The molecular weight excluding hydrogens is 236 g/mol. The highest BCUT2D eigenvalue weighted by Gasteiger charge is 2.14. The number of hydrogen-bond acceptors (Lipinski definition) is 3. The van der Waals surface area contributed by atoms with Crippen LogP contribution in [0.2, 0.25) is 0 Å². The summed E-state index contributed by atoms with van der Waals surface area (Å²) >= 11 is 0. The summed E-state index contributed by atoms with van der Waals surface area (Å²) in [5.74, 6) is 1.11. The highest BCUT2D eigenvalue weighted by Crippen LogP contribution is 2.18. The number of ketones is 1. The number of para-hydroxylation sites is 1. The summed E-state index contributed by atoms with van der Waals surface area (Å²) in [5.41, 5.74) is 0.514. The van der Waals surface area contributed by atoms with Crippen LogP contribution in [0.5, 0.6) is 5.75 Å². The Kier molecular flexibility index (Phi) is 5.91. The molecule has 1 unspecified atom stereocenters. The van der Waals surface area contributed by atoms with E-state index in [2.05, 4.69) is 0 Å². The minimum absolute atomic E-state index is 0.0837. The Hall–Kier alpha value is -1.16. The third-order valence-electron chi connectivity index (χ3n) is 2.43. The zero-order valence-corrected chi connectivity index (χ0v) is 11.1. The van der Waals surface area contributed by atoms with Crippen molar-refractivity contribution in [1.29, 1.82) is 0 Å². The van der Waals surface area contributed by atoms with E-state index in [4.69, 9.17) is 4.74 Å². The van der Waals surface area contributed by atoms with Gasteiger partial charge in [-0.05, 0) is 18.6 Å². The van der Waals surface area contributed by atoms with Gasteiger partial charge in [-0.3, -0.25) is 9.00 Å². The van der Waals surface area contributed by atoms with Crippen LogP contribution in [0.3, 0.4) is 0 Å². The Bertz CT molecular complexity index is 401. The summed E-state index contributed by atoms with van der Waals surface area (Å²) in [5, 5.41) is 0. The molecule has 0 N–H and O–H groups in total. The fourth-order valence-electron chi connectivity index (χ4n) is 1.48. The van der Waals surface area contributed by atoms with Gasteiger partial charge in [0.2, 0.25) is 0 Å². The number of Topliss-reactive ketones (excluding diaryl/α,β-unsaturated/α-hetero) is 1. The fourth-order valence-corrected chi connectivity index (χ4v) is 2.68. The first-order valence-electron chi connectivity index (χ1n) is 5.70. The second-order valence-electron chi connectivity index (χ2n) is 3.77. The van der Waals surface area contributed by atoms with Gasteiger partial charge in [0.1, 0.15) is 5.75 Å². The quantitative estimate of drug-likeness (QED) is 0.702. The molecule has 0 aliphatic rings. The molecule has 0 bridgehead atoms. The molecular formula is C13H18O3S. The minimum atomic E-state index is -1.07. The van der Waals surface area contributed by atoms with Crippen molar-refractivity contribution in [2.75, 3.05) is 18.6 Å². The molecule has 1 rings (SSSR count). The lowest BCUT2D eigenvalue weighted by atomic mass is 10.1. The zero-order valence-electron chi connectivity index (χ0n) is 10.3. The normalized spacial score (nSPS) is 12.1. The van der Waals surface area contributed by atoms with E-state index in [-0.39, 0.29) is 11.5 Å². The molecule has 0 aliphatic carbocycles. The second-order valence-corrected chi connectivity index (χ2v) is 5.34. The smallest absolute Gasteiger partial charge is 0.179 e. The first-order chi connectivity index (χ1) is 8.19. The van der Waals surface area contributed by atoms with Gasteiger partial charge in [0.05, 0.1) is 18.4 Å². The topological polar surface area (TPSA) is 43.4 Å². The maximum absolute atomic E-state index is 11.9. The SMILES string of the molecule is CCCCS(=O)CC(=O)c1ccccc1OC. The number of hydrogen-bond donors (Lipinski definition) is 0. The minimum Gasteiger partial charge on any atom is -0.496 e. The molecule has 94 valence electrons. The summed E-state index contributed by atoms with van der Waals surface area (Å²) < 4.78 is 16.7. The Morgan fingerprint density at radius 2 is 2.06 bits per heavy atom. The Balaban J connectivity index is 2.66. The lowest BCUT2D eigenvalue weighted by Gasteiger charge is -2.06. The molecule has 0 spiro atoms. The molecule has 3 nitrogen and oxygen atoms in total. The van der Waals surface area contributed by atoms with Gasteiger partial charge in [-0.1, -0.05) is 25.5 Å². The summed E-state index contributed by atoms with van der Waals surface area (Å²) in [6.07, 6.45) is 1.89. The molecule has 1 atom stereocenters. The number of methoxy groups -OCH3 is 1. The summed E-state index contributed by atoms with van der Waals surface area (Å²) in [6.45, 7) is 2.04. The van der Waals surface area contributed by atoms with Gasteiger partial charge in [0, 0.05) is 16.6 Å². The maximum atomic E-state index is 11.9. The van der Waals surface area contributed by atoms with Gasteiger partial charge in [0.15, 0.2) is 5.78 Å². The highest BCUT2D eigenvalue weighted by molar-refractivity contribution is 7.85. The predicted octanol–water partition coefficient (Wildman–Crippen LogP) is 2.43. The standard InChI is InChI=1S/C13H18O3S/c1-3-4-9-17(15)10-12(14)11-7-5-6-8-13(11)16-2/h5-8H,3-4,9-10H2,1-2H3. The van der Waals surface area contributed by atoms with Crippen molar-refractivity contribution >= 4 is 16.6 Å². The number of benzene rings is 1. The van der Waals surface area contributed by atoms with E-state index in [1.165, 1.54) is 7.11 Å². The largest absolute Gasteiger partial charge is 0.496 e. The third-order valence-corrected chi connectivity index (χ3v) is 3.75. The van der Waals surface area contributed by atoms with Crippen LogP contribution >= 0.6 is 0 Å². The molecule has 1 aromatic carbocycles. The second kappa shape index (κ2) is 7.22. The van der Waals surface area contributed by atoms with Crippen molar-refractivity contribution in [1.82, 2.24) is 0 Å². The number of unbranched alkanes of at least 4 members (excludes halogenated alkanes) is 1. The van der Waals surface area contributed by atoms with Crippen LogP contribution in [-0.2, 0) is 10.8 Å². The maximum Gasteiger partial charge on any atom is 0.179 e. The fraction of sp³-hybridized carbons (Fsp3) is 0.462. The lowest BCUT2D eigenvalue weighted by Crippen LogP contribution is -2.14. The van der Waals surface area contributed by atoms with Gasteiger partial charge in [-0.2, -0.15) is 0 Å². The van der Waals surface area contributed by atoms with E-state index < -0.39 is 10.8 Å². The summed E-state index contributed by atoms with van der Waals surface area (Å²) in [7, 11) is 0.462. The van der Waals surface area contributed by atoms with E-state index in [1.807, 2.05) is 13.0 Å². The van der Waals surface area contributed by atoms with Crippen molar-refractivity contribution in [3.05, 3.63) is 29.8 Å². The molecule has 0 radical (unpaired) electrons. The van der Waals surface area contributed by atoms with E-state index in [1.54, 1.807) is 18.2 Å². The van der Waals surface area contributed by atoms with Crippen LogP contribution < -0.4 is 4.74 Å². The summed E-state index contributed by atoms with van der Waals surface area (Å²) in [4.78, 5) is 11.9. The Labute approximate surface area is 105 Å². The van der Waals surface area contributed by atoms with Crippen molar-refractivity contribution in [2.45, 2.75) is 19.8 Å². The predicted molar refractivity (Wildman–Crippen MR) is 70.1 cm³/mol. The average molecular weight is 254 g/mol. The molecule has 17 heavy (non-hydrogen) atoms. The van der Waals surface area contributed by atoms with Crippen LogP contribution in [0.25, 0.3) is 0 Å². The van der Waals surface area contributed by atoms with Crippen molar-refractivity contribution < 1.29 is 13.7 Å². The van der Waals surface area contributed by atoms with Gasteiger partial charge in [-0.15, -0.1) is 0 Å². The molecule has 0 fully saturated rings. The van der Waals surface area contributed by atoms with E-state index >= 15 is 0 Å². The molecule has 0 aromatic heterocycles. The molecule has 0 saturated heterocycles. The highest BCUT2D eigenvalue weighted by atomic mass is 32.2. The first-order valence-corrected chi connectivity index (χ1v) is 7.19. The molecule has 0 saturated carbocycles. The van der Waals surface area contributed by atoms with Gasteiger partial charge >= 0.3 is 0 Å². The van der Waals surface area contributed by atoms with E-state index in [0.29, 0.717) is 17.1 Å². The number of ether oxygens (including phenoxy) is 1. The van der Waals surface area contributed by atoms with Crippen LogP contribution in [-0.4, -0.2) is 28.6 Å².